The summed E-state index contributed by atoms with van der Waals surface area (Å²) in [5.74, 6) is -1.44. The minimum absolute atomic E-state index is 0.0483. The van der Waals surface area contributed by atoms with E-state index in [2.05, 4.69) is 21.0 Å². The van der Waals surface area contributed by atoms with Gasteiger partial charge in [0.05, 0.1) is 10.7 Å². The molecule has 2 aromatic rings. The van der Waals surface area contributed by atoms with E-state index in [0.29, 0.717) is 16.9 Å². The molecule has 6 heteroatoms. The highest BCUT2D eigenvalue weighted by atomic mass is 79.9. The van der Waals surface area contributed by atoms with Gasteiger partial charge in [-0.15, -0.1) is 0 Å². The van der Waals surface area contributed by atoms with Crippen LogP contribution in [0.3, 0.4) is 0 Å². The van der Waals surface area contributed by atoms with Crippen molar-refractivity contribution in [3.63, 3.8) is 0 Å². The molecule has 16 heavy (non-hydrogen) atoms. The molecular formula is C10H8BrF2N3. The summed E-state index contributed by atoms with van der Waals surface area (Å²) in [6, 6.07) is 2.51. The van der Waals surface area contributed by atoms with Gasteiger partial charge in [0.1, 0.15) is 5.82 Å². The Hall–Kier alpha value is -1.43. The summed E-state index contributed by atoms with van der Waals surface area (Å²) in [7, 11) is 1.67. The molecule has 0 unspecified atom stereocenters. The van der Waals surface area contributed by atoms with E-state index in [4.69, 9.17) is 5.73 Å². The van der Waals surface area contributed by atoms with Gasteiger partial charge < -0.3 is 5.73 Å². The van der Waals surface area contributed by atoms with E-state index < -0.39 is 11.6 Å². The third-order valence-electron chi connectivity index (χ3n) is 2.31. The van der Waals surface area contributed by atoms with Crippen LogP contribution in [0.25, 0.3) is 11.1 Å². The molecule has 3 nitrogen and oxygen atoms in total. The summed E-state index contributed by atoms with van der Waals surface area (Å²) in [6.45, 7) is 0. The fourth-order valence-electron chi connectivity index (χ4n) is 1.39. The molecule has 0 bridgehead atoms. The van der Waals surface area contributed by atoms with Crippen LogP contribution >= 0.6 is 15.9 Å². The Labute approximate surface area is 99.0 Å². The van der Waals surface area contributed by atoms with E-state index in [9.17, 15) is 8.78 Å². The zero-order valence-corrected chi connectivity index (χ0v) is 9.92. The third kappa shape index (κ3) is 1.59. The maximum atomic E-state index is 13.3. The Morgan fingerprint density at radius 1 is 1.31 bits per heavy atom. The van der Waals surface area contributed by atoms with Crippen LogP contribution in [0.1, 0.15) is 0 Å². The van der Waals surface area contributed by atoms with Crippen LogP contribution < -0.4 is 5.73 Å². The second-order valence-corrected chi connectivity index (χ2v) is 4.08. The molecule has 0 atom stereocenters. The van der Waals surface area contributed by atoms with Gasteiger partial charge >= 0.3 is 0 Å². The summed E-state index contributed by atoms with van der Waals surface area (Å²) in [4.78, 5) is 0. The largest absolute Gasteiger partial charge is 0.383 e. The van der Waals surface area contributed by atoms with E-state index in [1.165, 1.54) is 16.9 Å². The summed E-state index contributed by atoms with van der Waals surface area (Å²) in [5.41, 5.74) is 6.79. The van der Waals surface area contributed by atoms with Crippen LogP contribution in [-0.4, -0.2) is 9.78 Å². The second kappa shape index (κ2) is 3.86. The lowest BCUT2D eigenvalue weighted by atomic mass is 10.1. The van der Waals surface area contributed by atoms with E-state index in [1.54, 1.807) is 7.05 Å². The molecule has 1 aromatic carbocycles. The molecule has 2 N–H and O–H groups in total. The van der Waals surface area contributed by atoms with Crippen molar-refractivity contribution < 1.29 is 8.78 Å². The van der Waals surface area contributed by atoms with Crippen molar-refractivity contribution in [3.05, 3.63) is 34.4 Å². The first-order valence-corrected chi connectivity index (χ1v) is 5.23. The number of rotatable bonds is 1. The number of hydrogen-bond donors (Lipinski definition) is 1. The lowest BCUT2D eigenvalue weighted by Gasteiger charge is -2.05. The molecule has 1 heterocycles. The summed E-state index contributed by atoms with van der Waals surface area (Å²) < 4.78 is 27.8. The molecule has 84 valence electrons. The van der Waals surface area contributed by atoms with Gasteiger partial charge in [0.2, 0.25) is 0 Å². The first kappa shape index (κ1) is 11.1. The standard InChI is InChI=1S/C10H8BrF2N3/c1-16-10(14)6(4-15-16)5-2-3-7(12)9(13)8(5)11/h2-4H,14H2,1H3. The van der Waals surface area contributed by atoms with Gasteiger partial charge in [0, 0.05) is 18.2 Å². The van der Waals surface area contributed by atoms with Crippen LogP contribution in [0, 0.1) is 11.6 Å². The van der Waals surface area contributed by atoms with Gasteiger partial charge in [0.15, 0.2) is 11.6 Å². The van der Waals surface area contributed by atoms with Crippen molar-refractivity contribution in [1.82, 2.24) is 9.78 Å². The zero-order chi connectivity index (χ0) is 11.9. The molecule has 0 aliphatic heterocycles. The molecular weight excluding hydrogens is 280 g/mol. The van der Waals surface area contributed by atoms with Crippen molar-refractivity contribution in [2.24, 2.45) is 7.05 Å². The van der Waals surface area contributed by atoms with E-state index in [1.807, 2.05) is 0 Å². The molecule has 0 radical (unpaired) electrons. The predicted molar refractivity (Wildman–Crippen MR) is 60.7 cm³/mol. The monoisotopic (exact) mass is 287 g/mol. The number of benzene rings is 1. The molecule has 0 fully saturated rings. The number of halogens is 3. The van der Waals surface area contributed by atoms with Crippen LogP contribution in [0.2, 0.25) is 0 Å². The number of nitrogens with two attached hydrogens (primary N) is 1. The van der Waals surface area contributed by atoms with Crippen molar-refractivity contribution in [3.8, 4) is 11.1 Å². The Morgan fingerprint density at radius 3 is 2.56 bits per heavy atom. The van der Waals surface area contributed by atoms with E-state index in [-0.39, 0.29) is 4.47 Å². The second-order valence-electron chi connectivity index (χ2n) is 3.29. The van der Waals surface area contributed by atoms with Crippen LogP contribution in [0.15, 0.2) is 22.8 Å². The number of hydrogen-bond acceptors (Lipinski definition) is 2. The first-order valence-electron chi connectivity index (χ1n) is 4.43. The molecule has 0 saturated carbocycles. The minimum atomic E-state index is -0.930. The first-order chi connectivity index (χ1) is 7.52. The lowest BCUT2D eigenvalue weighted by Crippen LogP contribution is -1.98. The third-order valence-corrected chi connectivity index (χ3v) is 3.09. The lowest BCUT2D eigenvalue weighted by molar-refractivity contribution is 0.505. The molecule has 0 amide bonds. The quantitative estimate of drug-likeness (QED) is 0.820. The zero-order valence-electron chi connectivity index (χ0n) is 8.34. The van der Waals surface area contributed by atoms with Gasteiger partial charge in [0.25, 0.3) is 0 Å². The molecule has 1 aromatic heterocycles. The number of nitrogen functional groups attached to an aromatic ring is 1. The molecule has 0 saturated heterocycles. The van der Waals surface area contributed by atoms with Crippen molar-refractivity contribution in [2.75, 3.05) is 5.73 Å². The average molecular weight is 288 g/mol. The molecule has 2 rings (SSSR count). The highest BCUT2D eigenvalue weighted by molar-refractivity contribution is 9.10. The summed E-state index contributed by atoms with van der Waals surface area (Å²) in [6.07, 6.45) is 1.51. The maximum absolute atomic E-state index is 13.3. The van der Waals surface area contributed by atoms with Gasteiger partial charge in [-0.2, -0.15) is 5.10 Å². The topological polar surface area (TPSA) is 43.8 Å². The van der Waals surface area contributed by atoms with Gasteiger partial charge in [-0.25, -0.2) is 8.78 Å². The fraction of sp³-hybridized carbons (Fsp3) is 0.100. The Balaban J connectivity index is 2.66. The molecule has 0 spiro atoms. The highest BCUT2D eigenvalue weighted by Gasteiger charge is 2.16. The van der Waals surface area contributed by atoms with Crippen molar-refractivity contribution in [1.29, 1.82) is 0 Å². The Morgan fingerprint density at radius 2 is 2.00 bits per heavy atom. The average Bonchev–Trinajstić information content (AvgIpc) is 2.58. The normalized spacial score (nSPS) is 10.8. The minimum Gasteiger partial charge on any atom is -0.383 e. The SMILES string of the molecule is Cn1ncc(-c2ccc(F)c(F)c2Br)c1N. The number of nitrogens with zero attached hydrogens (tertiary/aromatic N) is 2. The maximum Gasteiger partial charge on any atom is 0.173 e. The number of anilines is 1. The van der Waals surface area contributed by atoms with Crippen LogP contribution in [0.5, 0.6) is 0 Å². The molecule has 0 aliphatic rings. The molecule has 0 aliphatic carbocycles. The van der Waals surface area contributed by atoms with Crippen molar-refractivity contribution >= 4 is 21.7 Å². The van der Waals surface area contributed by atoms with Crippen LogP contribution in [-0.2, 0) is 7.05 Å². The van der Waals surface area contributed by atoms with Crippen molar-refractivity contribution in [2.45, 2.75) is 0 Å². The van der Waals surface area contributed by atoms with Gasteiger partial charge in [-0.1, -0.05) is 0 Å². The Bertz CT molecular complexity index is 551. The number of aromatic nitrogens is 2. The van der Waals surface area contributed by atoms with Gasteiger partial charge in [-0.05, 0) is 28.1 Å². The van der Waals surface area contributed by atoms with Crippen LogP contribution in [0.4, 0.5) is 14.6 Å². The number of aryl methyl sites for hydroxylation is 1. The highest BCUT2D eigenvalue weighted by Crippen LogP contribution is 2.34. The Kier molecular flexibility index (Phi) is 2.67. The smallest absolute Gasteiger partial charge is 0.173 e. The van der Waals surface area contributed by atoms with E-state index in [0.717, 1.165) is 6.07 Å². The fourth-order valence-corrected chi connectivity index (χ4v) is 1.92. The van der Waals surface area contributed by atoms with E-state index >= 15 is 0 Å². The summed E-state index contributed by atoms with van der Waals surface area (Å²) in [5, 5.41) is 3.94. The predicted octanol–water partition coefficient (Wildman–Crippen LogP) is 2.71. The van der Waals surface area contributed by atoms with Gasteiger partial charge in [-0.3, -0.25) is 4.68 Å². The summed E-state index contributed by atoms with van der Waals surface area (Å²) >= 11 is 3.00.